The summed E-state index contributed by atoms with van der Waals surface area (Å²) in [6.45, 7) is 2.25. The summed E-state index contributed by atoms with van der Waals surface area (Å²) in [4.78, 5) is 38.3. The van der Waals surface area contributed by atoms with Crippen LogP contribution >= 0.6 is 0 Å². The molecule has 7 nitrogen and oxygen atoms in total. The largest absolute Gasteiger partial charge is 0.480 e. The number of aliphatic carboxylic acids is 1. The first-order valence-corrected chi connectivity index (χ1v) is 9.67. The highest BCUT2D eigenvalue weighted by Crippen LogP contribution is 2.42. The van der Waals surface area contributed by atoms with Gasteiger partial charge in [-0.1, -0.05) is 25.3 Å². The molecule has 1 saturated carbocycles. The van der Waals surface area contributed by atoms with Crippen LogP contribution in [0.4, 0.5) is 11.4 Å². The third-order valence-electron chi connectivity index (χ3n) is 5.52. The lowest BCUT2D eigenvalue weighted by atomic mass is 9.68. The van der Waals surface area contributed by atoms with E-state index in [0.29, 0.717) is 30.8 Å². The Bertz CT molecular complexity index is 707. The molecule has 27 heavy (non-hydrogen) atoms. The lowest BCUT2D eigenvalue weighted by Gasteiger charge is -2.35. The number of likely N-dealkylation sites (tertiary alicyclic amines) is 1. The van der Waals surface area contributed by atoms with Gasteiger partial charge in [0.15, 0.2) is 0 Å². The Hall–Kier alpha value is -2.41. The van der Waals surface area contributed by atoms with Crippen molar-refractivity contribution in [3.05, 3.63) is 24.3 Å². The number of nitrogens with one attached hydrogen (secondary N) is 2. The van der Waals surface area contributed by atoms with E-state index in [0.717, 1.165) is 32.4 Å². The monoisotopic (exact) mass is 373 g/mol. The van der Waals surface area contributed by atoms with Gasteiger partial charge in [0.25, 0.3) is 0 Å². The zero-order chi connectivity index (χ0) is 19.3. The smallest absolute Gasteiger partial charge is 0.319 e. The fourth-order valence-corrected chi connectivity index (χ4v) is 3.69. The maximum Gasteiger partial charge on any atom is 0.319 e. The molecular formula is C20H27N3O4. The van der Waals surface area contributed by atoms with E-state index in [-0.39, 0.29) is 5.91 Å². The van der Waals surface area contributed by atoms with E-state index >= 15 is 0 Å². The summed E-state index contributed by atoms with van der Waals surface area (Å²) in [5.41, 5.74) is -0.239. The van der Waals surface area contributed by atoms with Crippen molar-refractivity contribution in [1.29, 1.82) is 0 Å². The Kier molecular flexibility index (Phi) is 6.11. The van der Waals surface area contributed by atoms with Gasteiger partial charge >= 0.3 is 5.97 Å². The molecule has 0 unspecified atom stereocenters. The normalized spacial score (nSPS) is 19.4. The predicted octanol–water partition coefficient (Wildman–Crippen LogP) is 2.69. The van der Waals surface area contributed by atoms with Crippen LogP contribution in [-0.4, -0.2) is 47.4 Å². The van der Waals surface area contributed by atoms with Gasteiger partial charge in [-0.2, -0.15) is 0 Å². The lowest BCUT2D eigenvalue weighted by Crippen LogP contribution is -2.48. The summed E-state index contributed by atoms with van der Waals surface area (Å²) in [5, 5.41) is 14.9. The highest BCUT2D eigenvalue weighted by atomic mass is 16.4. The number of carbonyl (C=O) groups excluding carboxylic acids is 2. The summed E-state index contributed by atoms with van der Waals surface area (Å²) >= 11 is 0. The molecule has 1 saturated heterocycles. The van der Waals surface area contributed by atoms with E-state index in [4.69, 9.17) is 0 Å². The van der Waals surface area contributed by atoms with E-state index in [1.54, 1.807) is 24.3 Å². The maximum absolute atomic E-state index is 12.4. The molecule has 1 heterocycles. The number of carbonyl (C=O) groups is 3. The van der Waals surface area contributed by atoms with Crippen molar-refractivity contribution in [3.8, 4) is 0 Å². The molecule has 0 bridgehead atoms. The fraction of sp³-hybridized carbons (Fsp3) is 0.550. The standard InChI is InChI=1S/C20H27N3O4/c24-17(14-23-11-3-1-2-4-12-23)21-15-7-5-8-16(13-15)22-18(25)20(19(26)27)9-6-10-20/h5,7-8,13H,1-4,6,9-12,14H2,(H,21,24)(H,22,25)(H,26,27). The Morgan fingerprint density at radius 1 is 0.963 bits per heavy atom. The van der Waals surface area contributed by atoms with E-state index in [1.165, 1.54) is 12.8 Å². The average Bonchev–Trinajstić information content (AvgIpc) is 2.82. The first-order chi connectivity index (χ1) is 13.0. The average molecular weight is 373 g/mol. The zero-order valence-electron chi connectivity index (χ0n) is 15.5. The Balaban J connectivity index is 1.57. The van der Waals surface area contributed by atoms with Crippen molar-refractivity contribution in [2.75, 3.05) is 30.3 Å². The van der Waals surface area contributed by atoms with Gasteiger partial charge in [-0.25, -0.2) is 0 Å². The number of hydrogen-bond donors (Lipinski definition) is 3. The van der Waals surface area contributed by atoms with Crippen LogP contribution in [0.5, 0.6) is 0 Å². The van der Waals surface area contributed by atoms with Crippen molar-refractivity contribution in [3.63, 3.8) is 0 Å². The molecule has 1 aromatic carbocycles. The minimum atomic E-state index is -1.31. The molecule has 2 fully saturated rings. The summed E-state index contributed by atoms with van der Waals surface area (Å²) in [6, 6.07) is 6.83. The highest BCUT2D eigenvalue weighted by molar-refractivity contribution is 6.09. The predicted molar refractivity (Wildman–Crippen MR) is 103 cm³/mol. The van der Waals surface area contributed by atoms with Crippen LogP contribution in [0.2, 0.25) is 0 Å². The third-order valence-corrected chi connectivity index (χ3v) is 5.52. The van der Waals surface area contributed by atoms with E-state index in [2.05, 4.69) is 15.5 Å². The van der Waals surface area contributed by atoms with Crippen molar-refractivity contribution in [2.45, 2.75) is 44.9 Å². The summed E-state index contributed by atoms with van der Waals surface area (Å²) in [5.74, 6) is -1.65. The van der Waals surface area contributed by atoms with Crippen LogP contribution < -0.4 is 10.6 Å². The van der Waals surface area contributed by atoms with Gasteiger partial charge in [-0.05, 0) is 57.0 Å². The second kappa shape index (κ2) is 8.52. The third kappa shape index (κ3) is 4.66. The highest BCUT2D eigenvalue weighted by Gasteiger charge is 2.51. The molecule has 1 aliphatic carbocycles. The summed E-state index contributed by atoms with van der Waals surface area (Å²) < 4.78 is 0. The SMILES string of the molecule is O=C(CN1CCCCCC1)Nc1cccc(NC(=O)C2(C(=O)O)CCC2)c1. The summed E-state index contributed by atoms with van der Waals surface area (Å²) in [7, 11) is 0. The van der Waals surface area contributed by atoms with E-state index in [1.807, 2.05) is 0 Å². The number of anilines is 2. The fourth-order valence-electron chi connectivity index (χ4n) is 3.69. The topological polar surface area (TPSA) is 98.7 Å². The molecule has 1 aliphatic heterocycles. The van der Waals surface area contributed by atoms with Crippen LogP contribution in [0, 0.1) is 5.41 Å². The van der Waals surface area contributed by atoms with Crippen LogP contribution in [0.15, 0.2) is 24.3 Å². The number of carboxylic acids is 1. The molecule has 0 radical (unpaired) electrons. The molecule has 2 aliphatic rings. The van der Waals surface area contributed by atoms with E-state index in [9.17, 15) is 19.5 Å². The Morgan fingerprint density at radius 2 is 1.59 bits per heavy atom. The number of carboxylic acid groups (broad SMARTS) is 1. The van der Waals surface area contributed by atoms with Gasteiger partial charge in [0.2, 0.25) is 11.8 Å². The molecule has 0 spiro atoms. The Morgan fingerprint density at radius 3 is 2.15 bits per heavy atom. The van der Waals surface area contributed by atoms with Gasteiger partial charge in [0.1, 0.15) is 5.41 Å². The summed E-state index contributed by atoms with van der Waals surface area (Å²) in [6.07, 6.45) is 6.16. The number of nitrogens with zero attached hydrogens (tertiary/aromatic N) is 1. The second-order valence-corrected chi connectivity index (χ2v) is 7.51. The first-order valence-electron chi connectivity index (χ1n) is 9.67. The second-order valence-electron chi connectivity index (χ2n) is 7.51. The number of benzene rings is 1. The van der Waals surface area contributed by atoms with Crippen molar-refractivity contribution < 1.29 is 19.5 Å². The maximum atomic E-state index is 12.4. The van der Waals surface area contributed by atoms with Crippen molar-refractivity contribution in [1.82, 2.24) is 4.90 Å². The van der Waals surface area contributed by atoms with Gasteiger partial charge in [-0.3, -0.25) is 19.3 Å². The van der Waals surface area contributed by atoms with Crippen LogP contribution in [0.1, 0.15) is 44.9 Å². The van der Waals surface area contributed by atoms with Crippen LogP contribution in [-0.2, 0) is 14.4 Å². The number of hydrogen-bond acceptors (Lipinski definition) is 4. The first kappa shape index (κ1) is 19.4. The van der Waals surface area contributed by atoms with Gasteiger partial charge in [-0.15, -0.1) is 0 Å². The minimum absolute atomic E-state index is 0.0821. The molecule has 3 N–H and O–H groups in total. The molecule has 146 valence electrons. The van der Waals surface area contributed by atoms with Gasteiger partial charge in [0, 0.05) is 11.4 Å². The lowest BCUT2D eigenvalue weighted by molar-refractivity contribution is -0.159. The molecule has 0 aromatic heterocycles. The number of rotatable bonds is 6. The Labute approximate surface area is 159 Å². The minimum Gasteiger partial charge on any atom is -0.480 e. The molecule has 2 amide bonds. The quantitative estimate of drug-likeness (QED) is 0.666. The molecule has 7 heteroatoms. The van der Waals surface area contributed by atoms with Crippen molar-refractivity contribution in [2.24, 2.45) is 5.41 Å². The molecule has 0 atom stereocenters. The molecule has 1 aromatic rings. The van der Waals surface area contributed by atoms with Gasteiger partial charge in [0.05, 0.1) is 6.54 Å². The molecule has 3 rings (SSSR count). The van der Waals surface area contributed by atoms with Gasteiger partial charge < -0.3 is 15.7 Å². The number of amides is 2. The zero-order valence-corrected chi connectivity index (χ0v) is 15.5. The van der Waals surface area contributed by atoms with Crippen molar-refractivity contribution >= 4 is 29.2 Å². The molecular weight excluding hydrogens is 346 g/mol. The van der Waals surface area contributed by atoms with Crippen LogP contribution in [0.25, 0.3) is 0 Å². The van der Waals surface area contributed by atoms with E-state index < -0.39 is 17.3 Å². The van der Waals surface area contributed by atoms with Crippen LogP contribution in [0.3, 0.4) is 0 Å².